The molecule has 0 aliphatic heterocycles. The number of nitrogens with zero attached hydrogens (tertiary/aromatic N) is 1. The summed E-state index contributed by atoms with van der Waals surface area (Å²) in [6.07, 6.45) is 1.47. The van der Waals surface area contributed by atoms with Crippen molar-refractivity contribution in [2.45, 2.75) is 6.92 Å². The lowest BCUT2D eigenvalue weighted by Gasteiger charge is -2.16. The number of hydrogen-bond acceptors (Lipinski definition) is 4. The first-order valence-corrected chi connectivity index (χ1v) is 7.29. The number of aromatic amines is 1. The first kappa shape index (κ1) is 17.3. The molecule has 0 aliphatic carbocycles. The third kappa shape index (κ3) is 4.22. The number of rotatable bonds is 6. The van der Waals surface area contributed by atoms with Gasteiger partial charge < -0.3 is 19.9 Å². The van der Waals surface area contributed by atoms with Gasteiger partial charge in [0.2, 0.25) is 5.91 Å². The van der Waals surface area contributed by atoms with Gasteiger partial charge in [0.25, 0.3) is 5.91 Å². The fraction of sp³-hybridized carbons (Fsp3) is 0.235. The predicted molar refractivity (Wildman–Crippen MR) is 89.4 cm³/mol. The van der Waals surface area contributed by atoms with E-state index in [9.17, 15) is 14.4 Å². The van der Waals surface area contributed by atoms with Crippen molar-refractivity contribution in [3.8, 4) is 5.75 Å². The Balaban J connectivity index is 1.94. The van der Waals surface area contributed by atoms with E-state index >= 15 is 0 Å². The summed E-state index contributed by atoms with van der Waals surface area (Å²) >= 11 is 0. The van der Waals surface area contributed by atoms with Gasteiger partial charge in [-0.05, 0) is 37.3 Å². The van der Waals surface area contributed by atoms with Gasteiger partial charge in [-0.15, -0.1) is 0 Å². The quantitative estimate of drug-likeness (QED) is 0.792. The summed E-state index contributed by atoms with van der Waals surface area (Å²) < 4.78 is 5.04. The van der Waals surface area contributed by atoms with E-state index in [-0.39, 0.29) is 29.8 Å². The lowest BCUT2D eigenvalue weighted by molar-refractivity contribution is -0.116. The van der Waals surface area contributed by atoms with Gasteiger partial charge in [0.15, 0.2) is 5.78 Å². The number of likely N-dealkylation sites (N-methyl/N-ethyl adjacent to an activating group) is 1. The molecule has 0 unspecified atom stereocenters. The van der Waals surface area contributed by atoms with Crippen LogP contribution in [0.15, 0.2) is 36.5 Å². The van der Waals surface area contributed by atoms with Crippen LogP contribution in [0.5, 0.6) is 5.75 Å². The van der Waals surface area contributed by atoms with Crippen molar-refractivity contribution < 1.29 is 19.1 Å². The van der Waals surface area contributed by atoms with Crippen LogP contribution in [-0.4, -0.2) is 48.2 Å². The first-order chi connectivity index (χ1) is 11.4. The van der Waals surface area contributed by atoms with Crippen LogP contribution in [-0.2, 0) is 4.79 Å². The van der Waals surface area contributed by atoms with Crippen molar-refractivity contribution in [2.75, 3.05) is 26.0 Å². The highest BCUT2D eigenvalue weighted by Gasteiger charge is 2.17. The maximum absolute atomic E-state index is 12.2. The molecule has 7 nitrogen and oxygen atoms in total. The van der Waals surface area contributed by atoms with Gasteiger partial charge in [0.1, 0.15) is 11.4 Å². The molecule has 0 saturated heterocycles. The summed E-state index contributed by atoms with van der Waals surface area (Å²) in [5.74, 6) is -0.139. The lowest BCUT2D eigenvalue weighted by Crippen LogP contribution is -2.35. The number of ether oxygens (including phenoxy) is 1. The van der Waals surface area contributed by atoms with Crippen LogP contribution in [0.2, 0.25) is 0 Å². The van der Waals surface area contributed by atoms with Crippen molar-refractivity contribution in [2.24, 2.45) is 0 Å². The number of ketones is 1. The highest BCUT2D eigenvalue weighted by molar-refractivity contribution is 6.01. The minimum absolute atomic E-state index is 0.112. The summed E-state index contributed by atoms with van der Waals surface area (Å²) in [4.78, 5) is 39.5. The molecule has 2 N–H and O–H groups in total. The SMILES string of the molecule is COc1ccc(NC(=O)CN(C)C(=O)c2cc(C(C)=O)c[nH]2)cc1. The molecule has 0 saturated carbocycles. The van der Waals surface area contributed by atoms with E-state index in [0.717, 1.165) is 0 Å². The molecule has 0 atom stereocenters. The summed E-state index contributed by atoms with van der Waals surface area (Å²) in [5, 5.41) is 2.70. The van der Waals surface area contributed by atoms with Gasteiger partial charge in [0.05, 0.1) is 13.7 Å². The van der Waals surface area contributed by atoms with Crippen LogP contribution < -0.4 is 10.1 Å². The number of carbonyl (C=O) groups is 3. The molecular weight excluding hydrogens is 310 g/mol. The monoisotopic (exact) mass is 329 g/mol. The molecule has 7 heteroatoms. The van der Waals surface area contributed by atoms with Gasteiger partial charge in [-0.3, -0.25) is 14.4 Å². The average molecular weight is 329 g/mol. The van der Waals surface area contributed by atoms with Crippen LogP contribution in [0.1, 0.15) is 27.8 Å². The molecule has 0 bridgehead atoms. The van der Waals surface area contributed by atoms with Crippen molar-refractivity contribution in [3.05, 3.63) is 47.8 Å². The van der Waals surface area contributed by atoms with E-state index in [1.54, 1.807) is 31.4 Å². The molecule has 1 heterocycles. The predicted octanol–water partition coefficient (Wildman–Crippen LogP) is 1.94. The van der Waals surface area contributed by atoms with E-state index in [2.05, 4.69) is 10.3 Å². The Hall–Kier alpha value is -3.09. The van der Waals surface area contributed by atoms with Crippen molar-refractivity contribution >= 4 is 23.3 Å². The van der Waals surface area contributed by atoms with Gasteiger partial charge in [-0.25, -0.2) is 0 Å². The number of aromatic nitrogens is 1. The third-order valence-electron chi connectivity index (χ3n) is 3.42. The molecule has 2 rings (SSSR count). The standard InChI is InChI=1S/C17H19N3O4/c1-11(21)12-8-15(18-9-12)17(23)20(2)10-16(22)19-13-4-6-14(24-3)7-5-13/h4-9,18H,10H2,1-3H3,(H,19,22). The molecule has 2 amide bonds. The minimum atomic E-state index is -0.368. The molecule has 0 spiro atoms. The number of hydrogen-bond donors (Lipinski definition) is 2. The molecule has 2 aromatic rings. The highest BCUT2D eigenvalue weighted by atomic mass is 16.5. The van der Waals surface area contributed by atoms with Crippen molar-refractivity contribution in [1.82, 2.24) is 9.88 Å². The first-order valence-electron chi connectivity index (χ1n) is 7.29. The number of carbonyl (C=O) groups excluding carboxylic acids is 3. The maximum atomic E-state index is 12.2. The second kappa shape index (κ2) is 7.45. The zero-order valence-corrected chi connectivity index (χ0v) is 13.8. The van der Waals surface area contributed by atoms with Crippen LogP contribution in [0.25, 0.3) is 0 Å². The van der Waals surface area contributed by atoms with E-state index in [1.165, 1.54) is 31.1 Å². The normalized spacial score (nSPS) is 10.1. The Morgan fingerprint density at radius 1 is 1.21 bits per heavy atom. The molecule has 0 aliphatic rings. The molecule has 1 aromatic carbocycles. The highest BCUT2D eigenvalue weighted by Crippen LogP contribution is 2.15. The van der Waals surface area contributed by atoms with Crippen LogP contribution in [0.3, 0.4) is 0 Å². The number of benzene rings is 1. The Morgan fingerprint density at radius 3 is 2.42 bits per heavy atom. The summed E-state index contributed by atoms with van der Waals surface area (Å²) in [7, 11) is 3.08. The Kier molecular flexibility index (Phi) is 5.36. The zero-order valence-electron chi connectivity index (χ0n) is 13.8. The summed E-state index contributed by atoms with van der Waals surface area (Å²) in [6, 6.07) is 8.35. The minimum Gasteiger partial charge on any atom is -0.497 e. The van der Waals surface area contributed by atoms with E-state index in [4.69, 9.17) is 4.74 Å². The number of nitrogens with one attached hydrogen (secondary N) is 2. The average Bonchev–Trinajstić information content (AvgIpc) is 3.05. The van der Waals surface area contributed by atoms with Crippen LogP contribution in [0.4, 0.5) is 5.69 Å². The van der Waals surface area contributed by atoms with Crippen molar-refractivity contribution in [1.29, 1.82) is 0 Å². The number of methoxy groups -OCH3 is 1. The smallest absolute Gasteiger partial charge is 0.270 e. The number of H-pyrrole nitrogens is 1. The fourth-order valence-electron chi connectivity index (χ4n) is 2.09. The molecule has 126 valence electrons. The number of Topliss-reactive ketones (excluding diaryl/α,β-unsaturated/α-hetero) is 1. The lowest BCUT2D eigenvalue weighted by atomic mass is 10.2. The zero-order chi connectivity index (χ0) is 17.7. The molecule has 0 fully saturated rings. The fourth-order valence-corrected chi connectivity index (χ4v) is 2.09. The second-order valence-electron chi connectivity index (χ2n) is 5.30. The Labute approximate surface area is 139 Å². The van der Waals surface area contributed by atoms with Gasteiger partial charge in [-0.1, -0.05) is 0 Å². The largest absolute Gasteiger partial charge is 0.497 e. The number of amides is 2. The molecule has 0 radical (unpaired) electrons. The topological polar surface area (TPSA) is 91.5 Å². The van der Waals surface area contributed by atoms with E-state index < -0.39 is 0 Å². The molecule has 24 heavy (non-hydrogen) atoms. The molecule has 1 aromatic heterocycles. The van der Waals surface area contributed by atoms with Gasteiger partial charge >= 0.3 is 0 Å². The second-order valence-corrected chi connectivity index (χ2v) is 5.30. The number of anilines is 1. The Bertz CT molecular complexity index is 749. The van der Waals surface area contributed by atoms with Gasteiger partial charge in [-0.2, -0.15) is 0 Å². The van der Waals surface area contributed by atoms with Crippen molar-refractivity contribution in [3.63, 3.8) is 0 Å². The Morgan fingerprint density at radius 2 is 1.88 bits per heavy atom. The third-order valence-corrected chi connectivity index (χ3v) is 3.42. The summed E-state index contributed by atoms with van der Waals surface area (Å²) in [6.45, 7) is 1.31. The maximum Gasteiger partial charge on any atom is 0.270 e. The van der Waals surface area contributed by atoms with E-state index in [0.29, 0.717) is 17.0 Å². The summed E-state index contributed by atoms with van der Waals surface area (Å²) in [5.41, 5.74) is 1.30. The van der Waals surface area contributed by atoms with E-state index in [1.807, 2.05) is 0 Å². The van der Waals surface area contributed by atoms with Crippen LogP contribution in [0, 0.1) is 0 Å². The van der Waals surface area contributed by atoms with Crippen LogP contribution >= 0.6 is 0 Å². The van der Waals surface area contributed by atoms with Gasteiger partial charge in [0, 0.05) is 24.5 Å². The molecular formula is C17H19N3O4.